The maximum atomic E-state index is 5.23. The Morgan fingerprint density at radius 2 is 2.00 bits per heavy atom. The molecule has 1 aromatic rings. The average Bonchev–Trinajstić information content (AvgIpc) is 2.38. The predicted octanol–water partition coefficient (Wildman–Crippen LogP) is 0.00430. The number of anilines is 2. The van der Waals surface area contributed by atoms with Crippen molar-refractivity contribution in [3.05, 3.63) is 0 Å². The lowest BCUT2D eigenvalue weighted by atomic mass is 10.4. The summed E-state index contributed by atoms with van der Waals surface area (Å²) in [6.07, 6.45) is 0.868. The number of nitrogens with two attached hydrogens (primary N) is 1. The Kier molecular flexibility index (Phi) is 5.97. The van der Waals surface area contributed by atoms with Gasteiger partial charge in [-0.05, 0) is 13.3 Å². The molecule has 0 aliphatic rings. The van der Waals surface area contributed by atoms with Crippen LogP contribution in [0.2, 0.25) is 0 Å². The lowest BCUT2D eigenvalue weighted by Crippen LogP contribution is -2.15. The van der Waals surface area contributed by atoms with Crippen LogP contribution in [0.3, 0.4) is 0 Å². The van der Waals surface area contributed by atoms with Gasteiger partial charge < -0.3 is 14.8 Å². The molecular formula is C9H18N6O2. The van der Waals surface area contributed by atoms with E-state index in [0.29, 0.717) is 19.1 Å². The molecule has 0 spiro atoms. The van der Waals surface area contributed by atoms with Crippen molar-refractivity contribution in [2.45, 2.75) is 13.3 Å². The number of hydrogen-bond donors (Lipinski definition) is 3. The van der Waals surface area contributed by atoms with E-state index in [1.807, 2.05) is 6.92 Å². The lowest BCUT2D eigenvalue weighted by molar-refractivity contribution is 0.147. The molecule has 1 rings (SSSR count). The first-order valence-electron chi connectivity index (χ1n) is 5.38. The fourth-order valence-electron chi connectivity index (χ4n) is 1.11. The number of nitrogens with zero attached hydrogens (tertiary/aromatic N) is 3. The minimum Gasteiger partial charge on any atom is -0.467 e. The first-order chi connectivity index (χ1) is 8.30. The molecule has 1 aromatic heterocycles. The van der Waals surface area contributed by atoms with Crippen LogP contribution in [0.5, 0.6) is 6.01 Å². The van der Waals surface area contributed by atoms with Gasteiger partial charge >= 0.3 is 6.01 Å². The Morgan fingerprint density at radius 1 is 1.24 bits per heavy atom. The van der Waals surface area contributed by atoms with Gasteiger partial charge in [0.05, 0.1) is 7.11 Å². The Hall–Kier alpha value is -1.67. The molecule has 4 N–H and O–H groups in total. The van der Waals surface area contributed by atoms with Crippen molar-refractivity contribution in [3.8, 4) is 6.01 Å². The highest BCUT2D eigenvalue weighted by Gasteiger charge is 2.04. The van der Waals surface area contributed by atoms with Crippen LogP contribution in [0.4, 0.5) is 11.9 Å². The topological polar surface area (TPSA) is 107 Å². The summed E-state index contributed by atoms with van der Waals surface area (Å²) in [6.45, 7) is 4.09. The van der Waals surface area contributed by atoms with Gasteiger partial charge in [-0.25, -0.2) is 5.84 Å². The van der Waals surface area contributed by atoms with E-state index in [0.717, 1.165) is 13.0 Å². The van der Waals surface area contributed by atoms with Crippen LogP contribution < -0.4 is 21.3 Å². The summed E-state index contributed by atoms with van der Waals surface area (Å²) >= 11 is 0. The second-order valence-corrected chi connectivity index (χ2v) is 3.09. The van der Waals surface area contributed by atoms with Crippen molar-refractivity contribution in [1.82, 2.24) is 15.0 Å². The van der Waals surface area contributed by atoms with E-state index >= 15 is 0 Å². The maximum absolute atomic E-state index is 5.23. The molecule has 0 aromatic carbocycles. The quantitative estimate of drug-likeness (QED) is 0.332. The smallest absolute Gasteiger partial charge is 0.322 e. The predicted molar refractivity (Wildman–Crippen MR) is 63.8 cm³/mol. The third-order valence-corrected chi connectivity index (χ3v) is 1.88. The van der Waals surface area contributed by atoms with Gasteiger partial charge in [0.25, 0.3) is 0 Å². The second kappa shape index (κ2) is 7.58. The van der Waals surface area contributed by atoms with Gasteiger partial charge in [-0.15, -0.1) is 0 Å². The molecule has 8 heteroatoms. The standard InChI is InChI=1S/C9H18N6O2/c1-3-17-6-4-5-11-7-12-8(15-10)14-9(13-7)16-2/h3-6,10H2,1-2H3,(H2,11,12,13,14,15). The molecule has 0 radical (unpaired) electrons. The van der Waals surface area contributed by atoms with E-state index in [-0.39, 0.29) is 12.0 Å². The highest BCUT2D eigenvalue weighted by Crippen LogP contribution is 2.09. The molecule has 1 heterocycles. The summed E-state index contributed by atoms with van der Waals surface area (Å²) in [5, 5.41) is 3.04. The normalized spacial score (nSPS) is 10.1. The Balaban J connectivity index is 2.46. The van der Waals surface area contributed by atoms with Crippen LogP contribution in [-0.4, -0.2) is 41.8 Å². The molecule has 96 valence electrons. The number of nitrogens with one attached hydrogen (secondary N) is 2. The van der Waals surface area contributed by atoms with Gasteiger partial charge in [0.2, 0.25) is 11.9 Å². The van der Waals surface area contributed by atoms with Crippen LogP contribution in [0.1, 0.15) is 13.3 Å². The number of methoxy groups -OCH3 is 1. The molecule has 0 amide bonds. The van der Waals surface area contributed by atoms with E-state index < -0.39 is 0 Å². The van der Waals surface area contributed by atoms with Gasteiger partial charge in [0.1, 0.15) is 0 Å². The van der Waals surface area contributed by atoms with Crippen LogP contribution in [0.15, 0.2) is 0 Å². The second-order valence-electron chi connectivity index (χ2n) is 3.09. The Morgan fingerprint density at radius 3 is 2.65 bits per heavy atom. The van der Waals surface area contributed by atoms with Gasteiger partial charge in [-0.3, -0.25) is 5.43 Å². The van der Waals surface area contributed by atoms with E-state index in [9.17, 15) is 0 Å². The summed E-state index contributed by atoms with van der Waals surface area (Å²) in [5.41, 5.74) is 2.35. The number of nitrogen functional groups attached to an aromatic ring is 1. The summed E-state index contributed by atoms with van der Waals surface area (Å²) in [4.78, 5) is 11.9. The van der Waals surface area contributed by atoms with Crippen LogP contribution in [-0.2, 0) is 4.74 Å². The van der Waals surface area contributed by atoms with Gasteiger partial charge in [0, 0.05) is 19.8 Å². The third kappa shape index (κ3) is 4.79. The van der Waals surface area contributed by atoms with E-state index in [1.165, 1.54) is 7.11 Å². The maximum Gasteiger partial charge on any atom is 0.322 e. The minimum absolute atomic E-state index is 0.209. The molecule has 0 saturated heterocycles. The van der Waals surface area contributed by atoms with Crippen molar-refractivity contribution in [2.24, 2.45) is 5.84 Å². The summed E-state index contributed by atoms with van der Waals surface area (Å²) in [7, 11) is 1.48. The van der Waals surface area contributed by atoms with Crippen LogP contribution in [0.25, 0.3) is 0 Å². The number of hydrazine groups is 1. The Labute approximate surface area is 99.9 Å². The highest BCUT2D eigenvalue weighted by molar-refractivity contribution is 5.34. The van der Waals surface area contributed by atoms with Crippen molar-refractivity contribution < 1.29 is 9.47 Å². The molecule has 0 bridgehead atoms. The molecule has 0 unspecified atom stereocenters. The van der Waals surface area contributed by atoms with Crippen molar-refractivity contribution in [1.29, 1.82) is 0 Å². The minimum atomic E-state index is 0.209. The molecular weight excluding hydrogens is 224 g/mol. The third-order valence-electron chi connectivity index (χ3n) is 1.88. The lowest BCUT2D eigenvalue weighted by Gasteiger charge is -2.07. The molecule has 0 aliphatic heterocycles. The first-order valence-corrected chi connectivity index (χ1v) is 5.38. The monoisotopic (exact) mass is 242 g/mol. The zero-order valence-corrected chi connectivity index (χ0v) is 10.1. The number of ether oxygens (including phenoxy) is 2. The molecule has 8 nitrogen and oxygen atoms in total. The summed E-state index contributed by atoms with van der Waals surface area (Å²) in [6, 6.07) is 0.209. The van der Waals surface area contributed by atoms with Crippen molar-refractivity contribution in [2.75, 3.05) is 37.6 Å². The number of rotatable bonds is 8. The van der Waals surface area contributed by atoms with E-state index in [1.54, 1.807) is 0 Å². The van der Waals surface area contributed by atoms with Crippen molar-refractivity contribution in [3.63, 3.8) is 0 Å². The summed E-state index contributed by atoms with van der Waals surface area (Å²) < 4.78 is 10.1. The van der Waals surface area contributed by atoms with E-state index in [4.69, 9.17) is 15.3 Å². The number of hydrogen-bond acceptors (Lipinski definition) is 8. The zero-order chi connectivity index (χ0) is 12.5. The Bertz CT molecular complexity index is 313. The molecule has 0 atom stereocenters. The number of aromatic nitrogens is 3. The largest absolute Gasteiger partial charge is 0.467 e. The van der Waals surface area contributed by atoms with Gasteiger partial charge in [-0.1, -0.05) is 0 Å². The fourth-order valence-corrected chi connectivity index (χ4v) is 1.11. The van der Waals surface area contributed by atoms with Gasteiger partial charge in [-0.2, -0.15) is 15.0 Å². The fraction of sp³-hybridized carbons (Fsp3) is 0.667. The van der Waals surface area contributed by atoms with Crippen LogP contribution >= 0.6 is 0 Å². The first kappa shape index (κ1) is 13.4. The molecule has 0 fully saturated rings. The molecule has 0 saturated carbocycles. The molecule has 0 aliphatic carbocycles. The molecule has 17 heavy (non-hydrogen) atoms. The highest BCUT2D eigenvalue weighted by atomic mass is 16.5. The van der Waals surface area contributed by atoms with E-state index in [2.05, 4.69) is 25.7 Å². The SMILES string of the molecule is CCOCCCNc1nc(NN)nc(OC)n1. The van der Waals surface area contributed by atoms with Crippen molar-refractivity contribution >= 4 is 11.9 Å². The van der Waals surface area contributed by atoms with Gasteiger partial charge in [0.15, 0.2) is 0 Å². The zero-order valence-electron chi connectivity index (χ0n) is 10.1. The average molecular weight is 242 g/mol. The summed E-state index contributed by atoms with van der Waals surface area (Å²) in [5.74, 6) is 5.90. The van der Waals surface area contributed by atoms with Crippen LogP contribution in [0, 0.1) is 0 Å².